The molecule has 5 nitrogen and oxygen atoms in total. The predicted molar refractivity (Wildman–Crippen MR) is 130 cm³/mol. The van der Waals surface area contributed by atoms with Gasteiger partial charge < -0.3 is 14.2 Å². The zero-order valence-electron chi connectivity index (χ0n) is 17.9. The third-order valence-electron chi connectivity index (χ3n) is 4.55. The summed E-state index contributed by atoms with van der Waals surface area (Å²) in [5.74, 6) is 1.67. The lowest BCUT2D eigenvalue weighted by Gasteiger charge is -2.15. The molecule has 0 atom stereocenters. The summed E-state index contributed by atoms with van der Waals surface area (Å²) >= 11 is 12.9. The van der Waals surface area contributed by atoms with E-state index in [9.17, 15) is 4.79 Å². The average molecular weight is 478 g/mol. The van der Waals surface area contributed by atoms with Crippen LogP contribution in [-0.2, 0) is 4.79 Å². The Kier molecular flexibility index (Phi) is 7.86. The number of rotatable bonds is 8. The van der Waals surface area contributed by atoms with Crippen LogP contribution in [0.1, 0.15) is 23.6 Å². The molecule has 0 spiro atoms. The Morgan fingerprint density at radius 3 is 2.52 bits per heavy atom. The summed E-state index contributed by atoms with van der Waals surface area (Å²) in [6, 6.07) is 9.63. The van der Waals surface area contributed by atoms with Crippen LogP contribution in [0.2, 0.25) is 5.02 Å². The first-order valence-corrected chi connectivity index (χ1v) is 11.4. The van der Waals surface area contributed by atoms with Crippen molar-refractivity contribution in [3.05, 3.63) is 56.9 Å². The largest absolute Gasteiger partial charge is 0.490 e. The monoisotopic (exact) mass is 477 g/mol. The number of carbonyl (C=O) groups is 1. The van der Waals surface area contributed by atoms with Gasteiger partial charge >= 0.3 is 0 Å². The molecule has 1 aliphatic rings. The van der Waals surface area contributed by atoms with Gasteiger partial charge in [-0.15, -0.1) is 0 Å². The van der Waals surface area contributed by atoms with Crippen molar-refractivity contribution in [1.82, 2.24) is 4.90 Å². The van der Waals surface area contributed by atoms with Gasteiger partial charge in [0.15, 0.2) is 11.5 Å². The quantitative estimate of drug-likeness (QED) is 0.278. The Bertz CT molecular complexity index is 1040. The molecule has 8 heteroatoms. The molecule has 1 heterocycles. The number of benzene rings is 2. The molecule has 2 aromatic carbocycles. The highest BCUT2D eigenvalue weighted by Gasteiger charge is 2.28. The zero-order chi connectivity index (χ0) is 22.5. The molecular weight excluding hydrogens is 454 g/mol. The maximum atomic E-state index is 12.3. The van der Waals surface area contributed by atoms with Crippen LogP contribution in [0, 0.1) is 13.8 Å². The first-order valence-electron chi connectivity index (χ1n) is 9.81. The Hall–Kier alpha value is -2.22. The van der Waals surface area contributed by atoms with Gasteiger partial charge in [-0.1, -0.05) is 47.7 Å². The maximum absolute atomic E-state index is 12.3. The molecule has 1 aliphatic heterocycles. The summed E-state index contributed by atoms with van der Waals surface area (Å²) in [5, 5.41) is 0.399. The van der Waals surface area contributed by atoms with Gasteiger partial charge in [0.25, 0.3) is 5.91 Å². The van der Waals surface area contributed by atoms with E-state index in [0.29, 0.717) is 45.6 Å². The molecule has 0 aliphatic carbocycles. The van der Waals surface area contributed by atoms with E-state index in [1.165, 1.54) is 16.7 Å². The molecule has 164 valence electrons. The average Bonchev–Trinajstić information content (AvgIpc) is 2.96. The molecule has 0 saturated carbocycles. The summed E-state index contributed by atoms with van der Waals surface area (Å²) in [6.07, 6.45) is 1.75. The van der Waals surface area contributed by atoms with Crippen LogP contribution in [0.3, 0.4) is 0 Å². The topological polar surface area (TPSA) is 48.0 Å². The van der Waals surface area contributed by atoms with Crippen LogP contribution in [-0.4, -0.2) is 42.0 Å². The summed E-state index contributed by atoms with van der Waals surface area (Å²) in [6.45, 7) is 7.04. The molecule has 0 unspecified atom stereocenters. The molecule has 0 bridgehead atoms. The number of hydrogen-bond acceptors (Lipinski definition) is 6. The van der Waals surface area contributed by atoms with E-state index in [2.05, 4.69) is 0 Å². The van der Waals surface area contributed by atoms with Crippen molar-refractivity contribution in [2.24, 2.45) is 0 Å². The number of ether oxygens (including phenoxy) is 3. The molecule has 0 aromatic heterocycles. The molecule has 3 rings (SSSR count). The molecule has 1 saturated heterocycles. The van der Waals surface area contributed by atoms with Crippen molar-refractivity contribution in [2.75, 3.05) is 26.9 Å². The third kappa shape index (κ3) is 5.73. The van der Waals surface area contributed by atoms with E-state index in [1.54, 1.807) is 25.3 Å². The fraction of sp³-hybridized carbons (Fsp3) is 0.304. The van der Waals surface area contributed by atoms with E-state index in [1.807, 2.05) is 39.0 Å². The van der Waals surface area contributed by atoms with Crippen LogP contribution >= 0.6 is 35.6 Å². The minimum atomic E-state index is -0.131. The van der Waals surface area contributed by atoms with Gasteiger partial charge in [-0.25, -0.2) is 0 Å². The number of halogens is 1. The van der Waals surface area contributed by atoms with E-state index in [4.69, 9.17) is 38.0 Å². The van der Waals surface area contributed by atoms with Gasteiger partial charge in [0.2, 0.25) is 0 Å². The number of amides is 1. The van der Waals surface area contributed by atoms with Gasteiger partial charge in [-0.2, -0.15) is 0 Å². The number of hydrogen-bond donors (Lipinski definition) is 0. The van der Waals surface area contributed by atoms with Crippen LogP contribution in [0.5, 0.6) is 17.2 Å². The second-order valence-corrected chi connectivity index (χ2v) is 9.05. The van der Waals surface area contributed by atoms with Crippen LogP contribution in [0.4, 0.5) is 0 Å². The zero-order valence-corrected chi connectivity index (χ0v) is 20.2. The van der Waals surface area contributed by atoms with Crippen LogP contribution < -0.4 is 14.2 Å². The first-order chi connectivity index (χ1) is 14.8. The molecule has 0 radical (unpaired) electrons. The molecule has 2 aromatic rings. The molecular formula is C23H24ClNO4S2. The Morgan fingerprint density at radius 1 is 1.10 bits per heavy atom. The SMILES string of the molecule is CCOc1cc(/C=C2\SC(=S)N(C)C2=O)cc(Cl)c1OCCOc1cc(C)ccc1C. The second kappa shape index (κ2) is 10.4. The molecule has 1 fully saturated rings. The number of aryl methyl sites for hydroxylation is 2. The normalized spacial score (nSPS) is 15.0. The molecule has 0 N–H and O–H groups in total. The van der Waals surface area contributed by atoms with Gasteiger partial charge in [-0.05, 0) is 61.7 Å². The van der Waals surface area contributed by atoms with Gasteiger partial charge in [0.1, 0.15) is 23.3 Å². The van der Waals surface area contributed by atoms with Crippen molar-refractivity contribution in [3.63, 3.8) is 0 Å². The van der Waals surface area contributed by atoms with Gasteiger partial charge in [0.05, 0.1) is 16.5 Å². The van der Waals surface area contributed by atoms with Gasteiger partial charge in [0, 0.05) is 7.05 Å². The van der Waals surface area contributed by atoms with E-state index in [0.717, 1.165) is 22.4 Å². The molecule has 1 amide bonds. The number of thiocarbonyl (C=S) groups is 1. The third-order valence-corrected chi connectivity index (χ3v) is 6.31. The number of nitrogens with zero attached hydrogens (tertiary/aromatic N) is 1. The summed E-state index contributed by atoms with van der Waals surface area (Å²) in [4.78, 5) is 14.3. The Labute approximate surface area is 197 Å². The summed E-state index contributed by atoms with van der Waals surface area (Å²) < 4.78 is 18.0. The lowest BCUT2D eigenvalue weighted by atomic mass is 10.1. The minimum absolute atomic E-state index is 0.131. The van der Waals surface area contributed by atoms with Crippen molar-refractivity contribution < 1.29 is 19.0 Å². The predicted octanol–water partition coefficient (Wildman–Crippen LogP) is 5.64. The van der Waals surface area contributed by atoms with Crippen molar-refractivity contribution in [3.8, 4) is 17.2 Å². The highest BCUT2D eigenvalue weighted by Crippen LogP contribution is 2.39. The van der Waals surface area contributed by atoms with E-state index in [-0.39, 0.29) is 5.91 Å². The fourth-order valence-corrected chi connectivity index (χ4v) is 4.38. The van der Waals surface area contributed by atoms with Crippen LogP contribution in [0.15, 0.2) is 35.2 Å². The van der Waals surface area contributed by atoms with E-state index < -0.39 is 0 Å². The van der Waals surface area contributed by atoms with E-state index >= 15 is 0 Å². The minimum Gasteiger partial charge on any atom is -0.490 e. The highest BCUT2D eigenvalue weighted by atomic mass is 35.5. The number of thioether (sulfide) groups is 1. The van der Waals surface area contributed by atoms with Gasteiger partial charge in [-0.3, -0.25) is 9.69 Å². The Morgan fingerprint density at radius 2 is 1.84 bits per heavy atom. The van der Waals surface area contributed by atoms with Crippen molar-refractivity contribution in [1.29, 1.82) is 0 Å². The Balaban J connectivity index is 1.72. The molecule has 31 heavy (non-hydrogen) atoms. The number of likely N-dealkylation sites (N-methyl/N-ethyl adjacent to an activating group) is 1. The maximum Gasteiger partial charge on any atom is 0.265 e. The van der Waals surface area contributed by atoms with Crippen molar-refractivity contribution >= 4 is 51.9 Å². The van der Waals surface area contributed by atoms with Crippen LogP contribution in [0.25, 0.3) is 6.08 Å². The highest BCUT2D eigenvalue weighted by molar-refractivity contribution is 8.26. The standard InChI is InChI=1S/C23H24ClNO4S2/c1-5-27-19-12-16(13-20-22(26)25(4)23(30)31-20)11-17(24)21(19)29-9-8-28-18-10-14(2)6-7-15(18)3/h6-7,10-13H,5,8-9H2,1-4H3/b20-13-. The second-order valence-electron chi connectivity index (χ2n) is 6.97. The lowest BCUT2D eigenvalue weighted by Crippen LogP contribution is -2.22. The smallest absolute Gasteiger partial charge is 0.265 e. The summed E-state index contributed by atoms with van der Waals surface area (Å²) in [7, 11) is 1.66. The fourth-order valence-electron chi connectivity index (χ4n) is 2.93. The first kappa shape index (κ1) is 23.4. The summed E-state index contributed by atoms with van der Waals surface area (Å²) in [5.41, 5.74) is 2.95. The lowest BCUT2D eigenvalue weighted by molar-refractivity contribution is -0.121. The van der Waals surface area contributed by atoms with Crippen molar-refractivity contribution in [2.45, 2.75) is 20.8 Å². The number of carbonyl (C=O) groups excluding carboxylic acids is 1.